The Hall–Kier alpha value is -0.530. The average Bonchev–Trinajstić information content (AvgIpc) is 3.09. The molecule has 1 heterocycles. The molecule has 2 heteroatoms. The molecular formula is C15H19ClO. The molecule has 17 heavy (non-hydrogen) atoms. The topological polar surface area (TPSA) is 9.23 Å². The minimum Gasteiger partial charge on any atom is -0.378 e. The fourth-order valence-corrected chi connectivity index (χ4v) is 4.00. The van der Waals surface area contributed by atoms with Crippen LogP contribution in [0.15, 0.2) is 30.3 Å². The van der Waals surface area contributed by atoms with E-state index in [1.807, 2.05) is 0 Å². The Bertz CT molecular complexity index is 391. The van der Waals surface area contributed by atoms with Crippen LogP contribution in [-0.4, -0.2) is 18.6 Å². The minimum atomic E-state index is 0.224. The summed E-state index contributed by atoms with van der Waals surface area (Å²) in [7, 11) is 0. The summed E-state index contributed by atoms with van der Waals surface area (Å²) in [4.78, 5) is 0. The third-order valence-corrected chi connectivity index (χ3v) is 5.25. The van der Waals surface area contributed by atoms with Gasteiger partial charge in [0.05, 0.1) is 6.10 Å². The predicted molar refractivity (Wildman–Crippen MR) is 70.5 cm³/mol. The van der Waals surface area contributed by atoms with E-state index in [1.165, 1.54) is 12.0 Å². The lowest BCUT2D eigenvalue weighted by Gasteiger charge is -2.30. The van der Waals surface area contributed by atoms with Gasteiger partial charge >= 0.3 is 0 Å². The van der Waals surface area contributed by atoms with Gasteiger partial charge in [-0.15, -0.1) is 11.6 Å². The summed E-state index contributed by atoms with van der Waals surface area (Å²) in [5, 5.41) is 0. The standard InChI is InChI=1S/C15H19ClO/c1-11-15(10-16,7-8-17-11)14-9-13(14)12-5-3-2-4-6-12/h2-6,11,13-14H,7-10H2,1H3. The smallest absolute Gasteiger partial charge is 0.0618 e. The maximum atomic E-state index is 6.27. The summed E-state index contributed by atoms with van der Waals surface area (Å²) >= 11 is 6.27. The second-order valence-corrected chi connectivity index (χ2v) is 5.76. The number of hydrogen-bond acceptors (Lipinski definition) is 1. The van der Waals surface area contributed by atoms with Crippen molar-refractivity contribution in [3.05, 3.63) is 35.9 Å². The molecule has 1 aromatic rings. The summed E-state index contributed by atoms with van der Waals surface area (Å²) in [5.74, 6) is 2.17. The van der Waals surface area contributed by atoms with E-state index in [1.54, 1.807) is 0 Å². The van der Waals surface area contributed by atoms with Crippen LogP contribution < -0.4 is 0 Å². The lowest BCUT2D eigenvalue weighted by Crippen LogP contribution is -2.33. The Morgan fingerprint density at radius 2 is 2.12 bits per heavy atom. The highest BCUT2D eigenvalue weighted by Crippen LogP contribution is 2.61. The van der Waals surface area contributed by atoms with E-state index in [2.05, 4.69) is 37.3 Å². The summed E-state index contributed by atoms with van der Waals surface area (Å²) in [5.41, 5.74) is 1.70. The van der Waals surface area contributed by atoms with E-state index in [0.717, 1.165) is 24.8 Å². The third-order valence-electron chi connectivity index (χ3n) is 4.75. The van der Waals surface area contributed by atoms with Crippen LogP contribution in [0.3, 0.4) is 0 Å². The lowest BCUT2D eigenvalue weighted by atomic mass is 9.77. The Balaban J connectivity index is 1.79. The van der Waals surface area contributed by atoms with Gasteiger partial charge < -0.3 is 4.74 Å². The van der Waals surface area contributed by atoms with Gasteiger partial charge in [0.25, 0.3) is 0 Å². The number of ether oxygens (including phenoxy) is 1. The van der Waals surface area contributed by atoms with Crippen molar-refractivity contribution in [3.8, 4) is 0 Å². The SMILES string of the molecule is CC1OCCC1(CCl)C1CC1c1ccccc1. The molecule has 1 saturated heterocycles. The van der Waals surface area contributed by atoms with Crippen molar-refractivity contribution in [3.63, 3.8) is 0 Å². The second-order valence-electron chi connectivity index (χ2n) is 5.49. The number of alkyl halides is 1. The molecule has 4 atom stereocenters. The molecule has 1 aromatic carbocycles. The van der Waals surface area contributed by atoms with Crippen LogP contribution in [0.5, 0.6) is 0 Å². The summed E-state index contributed by atoms with van der Waals surface area (Å²) in [6.07, 6.45) is 2.73. The van der Waals surface area contributed by atoms with Crippen LogP contribution in [0.4, 0.5) is 0 Å². The molecule has 1 aliphatic heterocycles. The zero-order valence-electron chi connectivity index (χ0n) is 10.2. The van der Waals surface area contributed by atoms with E-state index in [4.69, 9.17) is 16.3 Å². The molecule has 0 amide bonds. The minimum absolute atomic E-state index is 0.224. The zero-order valence-corrected chi connectivity index (χ0v) is 11.0. The van der Waals surface area contributed by atoms with Crippen molar-refractivity contribution < 1.29 is 4.74 Å². The molecule has 0 bridgehead atoms. The first kappa shape index (κ1) is 11.6. The van der Waals surface area contributed by atoms with Crippen molar-refractivity contribution in [2.45, 2.75) is 31.8 Å². The summed E-state index contributed by atoms with van der Waals surface area (Å²) in [6.45, 7) is 3.07. The summed E-state index contributed by atoms with van der Waals surface area (Å²) in [6, 6.07) is 10.8. The van der Waals surface area contributed by atoms with E-state index >= 15 is 0 Å². The van der Waals surface area contributed by atoms with Gasteiger partial charge in [0.2, 0.25) is 0 Å². The van der Waals surface area contributed by atoms with Crippen molar-refractivity contribution in [1.29, 1.82) is 0 Å². The highest BCUT2D eigenvalue weighted by molar-refractivity contribution is 6.18. The molecule has 0 aromatic heterocycles. The normalized spacial score (nSPS) is 40.5. The molecule has 1 saturated carbocycles. The molecule has 0 radical (unpaired) electrons. The van der Waals surface area contributed by atoms with Gasteiger partial charge in [0.1, 0.15) is 0 Å². The number of halogens is 1. The van der Waals surface area contributed by atoms with Crippen LogP contribution in [0.1, 0.15) is 31.2 Å². The van der Waals surface area contributed by atoms with Crippen LogP contribution >= 0.6 is 11.6 Å². The van der Waals surface area contributed by atoms with Crippen molar-refractivity contribution in [1.82, 2.24) is 0 Å². The Morgan fingerprint density at radius 1 is 1.35 bits per heavy atom. The van der Waals surface area contributed by atoms with Crippen LogP contribution in [-0.2, 0) is 4.74 Å². The summed E-state index contributed by atoms with van der Waals surface area (Å²) < 4.78 is 5.76. The predicted octanol–water partition coefficient (Wildman–Crippen LogP) is 3.82. The highest BCUT2D eigenvalue weighted by Gasteiger charge is 2.57. The average molecular weight is 251 g/mol. The van der Waals surface area contributed by atoms with Crippen molar-refractivity contribution in [2.24, 2.45) is 11.3 Å². The van der Waals surface area contributed by atoms with E-state index in [-0.39, 0.29) is 5.41 Å². The second kappa shape index (κ2) is 4.29. The monoisotopic (exact) mass is 250 g/mol. The quantitative estimate of drug-likeness (QED) is 0.741. The van der Waals surface area contributed by atoms with E-state index < -0.39 is 0 Å². The van der Waals surface area contributed by atoms with Crippen molar-refractivity contribution in [2.75, 3.05) is 12.5 Å². The molecule has 3 rings (SSSR count). The first-order valence-electron chi connectivity index (χ1n) is 6.50. The Morgan fingerprint density at radius 3 is 2.71 bits per heavy atom. The maximum absolute atomic E-state index is 6.27. The number of hydrogen-bond donors (Lipinski definition) is 0. The fourth-order valence-electron chi connectivity index (χ4n) is 3.46. The maximum Gasteiger partial charge on any atom is 0.0618 e. The van der Waals surface area contributed by atoms with E-state index in [9.17, 15) is 0 Å². The third kappa shape index (κ3) is 1.80. The molecule has 2 fully saturated rings. The van der Waals surface area contributed by atoms with Crippen LogP contribution in [0, 0.1) is 11.3 Å². The largest absolute Gasteiger partial charge is 0.378 e. The lowest BCUT2D eigenvalue weighted by molar-refractivity contribution is 0.0622. The zero-order chi connectivity index (χ0) is 11.9. The Labute approximate surface area is 108 Å². The van der Waals surface area contributed by atoms with Gasteiger partial charge in [-0.25, -0.2) is 0 Å². The number of benzene rings is 1. The van der Waals surface area contributed by atoms with Gasteiger partial charge in [0, 0.05) is 17.9 Å². The van der Waals surface area contributed by atoms with Gasteiger partial charge in [-0.2, -0.15) is 0 Å². The molecule has 92 valence electrons. The van der Waals surface area contributed by atoms with Crippen LogP contribution in [0.2, 0.25) is 0 Å². The molecule has 2 aliphatic rings. The van der Waals surface area contributed by atoms with E-state index in [0.29, 0.717) is 12.0 Å². The van der Waals surface area contributed by atoms with Gasteiger partial charge in [-0.05, 0) is 37.2 Å². The first-order valence-corrected chi connectivity index (χ1v) is 7.04. The van der Waals surface area contributed by atoms with Gasteiger partial charge in [-0.1, -0.05) is 30.3 Å². The molecule has 1 aliphatic carbocycles. The number of rotatable bonds is 3. The Kier molecular flexibility index (Phi) is 2.92. The molecule has 1 nitrogen and oxygen atoms in total. The van der Waals surface area contributed by atoms with Gasteiger partial charge in [0.15, 0.2) is 0 Å². The fraction of sp³-hybridized carbons (Fsp3) is 0.600. The van der Waals surface area contributed by atoms with Crippen molar-refractivity contribution >= 4 is 11.6 Å². The molecular weight excluding hydrogens is 232 g/mol. The highest BCUT2D eigenvalue weighted by atomic mass is 35.5. The van der Waals surface area contributed by atoms with Gasteiger partial charge in [-0.3, -0.25) is 0 Å². The molecule has 4 unspecified atom stereocenters. The van der Waals surface area contributed by atoms with Crippen LogP contribution in [0.25, 0.3) is 0 Å². The first-order chi connectivity index (χ1) is 8.28. The molecule has 0 spiro atoms. The molecule has 0 N–H and O–H groups in total.